The molecule has 1 N–H and O–H groups in total. The lowest BCUT2D eigenvalue weighted by atomic mass is 10.3. The van der Waals surface area contributed by atoms with Crippen LogP contribution in [0.4, 0.5) is 4.39 Å². The molecule has 0 atom stereocenters. The molecule has 0 aliphatic rings. The van der Waals surface area contributed by atoms with E-state index in [0.717, 1.165) is 6.07 Å². The van der Waals surface area contributed by atoms with E-state index < -0.39 is 27.0 Å². The monoisotopic (exact) mass is 254 g/mol. The largest absolute Gasteiger partial charge is 0.507 e. The summed E-state index contributed by atoms with van der Waals surface area (Å²) < 4.78 is 22.9. The Labute approximate surface area is 67.3 Å². The fraction of sp³-hybridized carbons (Fsp3) is 0. The van der Waals surface area contributed by atoms with Crippen LogP contribution >= 0.6 is 21.2 Å². The fourth-order valence-corrected chi connectivity index (χ4v) is 1.26. The van der Waals surface area contributed by atoms with Crippen LogP contribution in [0.5, 0.6) is 5.75 Å². The van der Waals surface area contributed by atoms with E-state index in [4.69, 9.17) is 5.11 Å². The Balaban J connectivity index is 3.19. The van der Waals surface area contributed by atoms with Gasteiger partial charge in [0, 0.05) is 6.07 Å². The van der Waals surface area contributed by atoms with Crippen LogP contribution in [0, 0.1) is 9.39 Å². The Kier molecular flexibility index (Phi) is 2.31. The Morgan fingerprint density at radius 2 is 2.20 bits per heavy atom. The third-order valence-electron chi connectivity index (χ3n) is 0.991. The van der Waals surface area contributed by atoms with Crippen molar-refractivity contribution in [3.63, 3.8) is 0 Å². The predicted molar refractivity (Wildman–Crippen MR) is 41.5 cm³/mol. The van der Waals surface area contributed by atoms with Crippen LogP contribution in [0.15, 0.2) is 18.2 Å². The molecule has 0 aliphatic heterocycles. The highest BCUT2D eigenvalue weighted by atomic mass is 127. The molecule has 1 aromatic carbocycles. The van der Waals surface area contributed by atoms with Crippen molar-refractivity contribution in [2.75, 3.05) is 0 Å². The number of phenolic OH excluding ortho intramolecular Hbond substituents is 1. The van der Waals surface area contributed by atoms with Crippen LogP contribution < -0.4 is 0 Å². The molecule has 1 rings (SSSR count). The third kappa shape index (κ3) is 1.50. The second-order valence-electron chi connectivity index (χ2n) is 1.67. The summed E-state index contributed by atoms with van der Waals surface area (Å²) in [5.41, 5.74) is 0. The van der Waals surface area contributed by atoms with Crippen LogP contribution in [-0.4, -0.2) is 5.11 Å². The maximum Gasteiger partial charge on any atom is 0.185 e. The number of halogens is 2. The summed E-state index contributed by atoms with van der Waals surface area (Å²) in [7, 11) is 0. The van der Waals surface area contributed by atoms with Crippen molar-refractivity contribution in [3.05, 3.63) is 27.6 Å². The van der Waals surface area contributed by atoms with Crippen LogP contribution in [0.25, 0.3) is 0 Å². The van der Waals surface area contributed by atoms with Gasteiger partial charge in [-0.15, -0.1) is 0 Å². The molecule has 0 bridgehead atoms. The minimum Gasteiger partial charge on any atom is -0.507 e. The van der Waals surface area contributed by atoms with Gasteiger partial charge < -0.3 is 5.11 Å². The topological polar surface area (TPSA) is 37.3 Å². The molecule has 4 heteroatoms. The molecule has 0 heterocycles. The van der Waals surface area contributed by atoms with Gasteiger partial charge in [0.1, 0.15) is 11.6 Å². The highest BCUT2D eigenvalue weighted by Crippen LogP contribution is 2.22. The van der Waals surface area contributed by atoms with Crippen LogP contribution in [0.3, 0.4) is 0 Å². The first kappa shape index (κ1) is 7.59. The summed E-state index contributed by atoms with van der Waals surface area (Å²) in [5.74, 6) is -0.735. The van der Waals surface area contributed by atoms with Gasteiger partial charge in [0.05, 0.1) is 3.57 Å². The number of aromatic hydroxyl groups is 1. The van der Waals surface area contributed by atoms with E-state index in [1.54, 1.807) is 0 Å². The summed E-state index contributed by atoms with van der Waals surface area (Å²) in [5, 5.41) is 8.88. The molecule has 0 saturated carbocycles. The van der Waals surface area contributed by atoms with E-state index in [2.05, 4.69) is 0 Å². The number of benzene rings is 1. The quantitative estimate of drug-likeness (QED) is 0.778. The van der Waals surface area contributed by atoms with Gasteiger partial charge >= 0.3 is 0 Å². The van der Waals surface area contributed by atoms with Crippen LogP contribution in [-0.2, 0) is 3.07 Å². The minimum absolute atomic E-state index is 0.220. The first-order valence-electron chi connectivity index (χ1n) is 2.49. The normalized spacial score (nSPS) is 9.70. The van der Waals surface area contributed by atoms with Crippen molar-refractivity contribution in [3.8, 4) is 5.75 Å². The maximum absolute atomic E-state index is 12.2. The fourth-order valence-electron chi connectivity index (χ4n) is 0.551. The van der Waals surface area contributed by atoms with E-state index in [1.807, 2.05) is 0 Å². The molecule has 1 aromatic rings. The zero-order valence-electron chi connectivity index (χ0n) is 4.84. The van der Waals surface area contributed by atoms with Crippen molar-refractivity contribution in [2.45, 2.75) is 0 Å². The smallest absolute Gasteiger partial charge is 0.185 e. The van der Waals surface area contributed by atoms with Gasteiger partial charge in [-0.3, -0.25) is 3.07 Å². The van der Waals surface area contributed by atoms with Gasteiger partial charge in [0.25, 0.3) is 0 Å². The van der Waals surface area contributed by atoms with E-state index in [0.29, 0.717) is 3.57 Å². The number of phenols is 1. The SMILES string of the molecule is O=Ic1ccc(F)cc1O. The zero-order chi connectivity index (χ0) is 7.56. The van der Waals surface area contributed by atoms with Crippen molar-refractivity contribution < 1.29 is 12.6 Å². The standard InChI is InChI=1S/C6H4FIO2/c7-4-1-2-5(8-10)6(9)3-4/h1-3,9H. The van der Waals surface area contributed by atoms with E-state index in [-0.39, 0.29) is 5.75 Å². The molecule has 54 valence electrons. The molecule has 0 amide bonds. The second kappa shape index (κ2) is 3.05. The lowest BCUT2D eigenvalue weighted by Gasteiger charge is -1.92. The average Bonchev–Trinajstić information content (AvgIpc) is 1.88. The average molecular weight is 254 g/mol. The number of hydrogen-bond donors (Lipinski definition) is 1. The maximum atomic E-state index is 12.2. The first-order chi connectivity index (χ1) is 4.74. The van der Waals surface area contributed by atoms with Gasteiger partial charge in [0.15, 0.2) is 21.2 Å². The van der Waals surface area contributed by atoms with Gasteiger partial charge in [-0.25, -0.2) is 4.39 Å². The van der Waals surface area contributed by atoms with Crippen molar-refractivity contribution in [1.82, 2.24) is 0 Å². The molecular formula is C6H4FIO2. The Morgan fingerprint density at radius 1 is 1.50 bits per heavy atom. The van der Waals surface area contributed by atoms with E-state index >= 15 is 0 Å². The lowest BCUT2D eigenvalue weighted by molar-refractivity contribution is 0.465. The third-order valence-corrected chi connectivity index (χ3v) is 2.38. The Bertz CT molecular complexity index is 262. The number of hydrogen-bond acceptors (Lipinski definition) is 2. The predicted octanol–water partition coefficient (Wildman–Crippen LogP) is 2.02. The Hall–Kier alpha value is -0.520. The summed E-state index contributed by atoms with van der Waals surface area (Å²) in [6.07, 6.45) is 0. The Morgan fingerprint density at radius 3 is 2.70 bits per heavy atom. The van der Waals surface area contributed by atoms with Gasteiger partial charge in [0.2, 0.25) is 0 Å². The summed E-state index contributed by atoms with van der Waals surface area (Å²) >= 11 is -1.39. The molecule has 0 aliphatic carbocycles. The molecule has 2 nitrogen and oxygen atoms in total. The van der Waals surface area contributed by atoms with Crippen molar-refractivity contribution in [2.24, 2.45) is 0 Å². The van der Waals surface area contributed by atoms with Gasteiger partial charge in [-0.2, -0.15) is 0 Å². The summed E-state index contributed by atoms with van der Waals surface area (Å²) in [6, 6.07) is 3.45. The molecule has 0 spiro atoms. The highest BCUT2D eigenvalue weighted by molar-refractivity contribution is 14.1. The molecular weight excluding hydrogens is 250 g/mol. The van der Waals surface area contributed by atoms with Crippen LogP contribution in [0.1, 0.15) is 0 Å². The van der Waals surface area contributed by atoms with Gasteiger partial charge in [-0.1, -0.05) is 0 Å². The summed E-state index contributed by atoms with van der Waals surface area (Å²) in [6.45, 7) is 0. The van der Waals surface area contributed by atoms with Gasteiger partial charge in [-0.05, 0) is 12.1 Å². The molecule has 0 aromatic heterocycles. The molecule has 0 unspecified atom stereocenters. The second-order valence-corrected chi connectivity index (χ2v) is 3.28. The molecule has 0 fully saturated rings. The highest BCUT2D eigenvalue weighted by Gasteiger charge is 2.00. The number of rotatable bonds is 1. The summed E-state index contributed by atoms with van der Waals surface area (Å²) in [4.78, 5) is 0. The minimum atomic E-state index is -1.39. The van der Waals surface area contributed by atoms with Crippen molar-refractivity contribution >= 4 is 21.2 Å². The van der Waals surface area contributed by atoms with E-state index in [1.165, 1.54) is 12.1 Å². The first-order valence-corrected chi connectivity index (χ1v) is 4.45. The molecule has 10 heavy (non-hydrogen) atoms. The lowest BCUT2D eigenvalue weighted by Crippen LogP contribution is -1.76. The zero-order valence-corrected chi connectivity index (χ0v) is 7.00. The van der Waals surface area contributed by atoms with Crippen LogP contribution in [0.2, 0.25) is 0 Å². The molecule has 0 saturated heterocycles. The van der Waals surface area contributed by atoms with E-state index in [9.17, 15) is 7.46 Å². The van der Waals surface area contributed by atoms with Crippen molar-refractivity contribution in [1.29, 1.82) is 0 Å². The molecule has 0 radical (unpaired) electrons.